The number of amides is 1. The smallest absolute Gasteiger partial charge is 0.252 e. The van der Waals surface area contributed by atoms with Gasteiger partial charge in [-0.2, -0.15) is 0 Å². The van der Waals surface area contributed by atoms with E-state index in [-0.39, 0.29) is 12.5 Å². The van der Waals surface area contributed by atoms with Gasteiger partial charge in [0.05, 0.1) is 23.7 Å². The van der Waals surface area contributed by atoms with Gasteiger partial charge in [-0.1, -0.05) is 11.3 Å². The number of alkyl halides is 1. The van der Waals surface area contributed by atoms with E-state index >= 15 is 0 Å². The summed E-state index contributed by atoms with van der Waals surface area (Å²) in [6.07, 6.45) is 6.61. The van der Waals surface area contributed by atoms with E-state index < -0.39 is 6.67 Å². The molecule has 2 N–H and O–H groups in total. The zero-order chi connectivity index (χ0) is 20.8. The summed E-state index contributed by atoms with van der Waals surface area (Å²) in [6.45, 7) is 2.53. The summed E-state index contributed by atoms with van der Waals surface area (Å²) in [5.74, 6) is 0.353. The first-order chi connectivity index (χ1) is 14.7. The van der Waals surface area contributed by atoms with E-state index in [0.717, 1.165) is 42.4 Å². The minimum Gasteiger partial charge on any atom is -0.378 e. The van der Waals surface area contributed by atoms with Gasteiger partial charge in [-0.25, -0.2) is 14.4 Å². The highest BCUT2D eigenvalue weighted by Crippen LogP contribution is 2.31. The molecule has 4 rings (SSSR count). The van der Waals surface area contributed by atoms with Gasteiger partial charge in [-0.15, -0.1) is 0 Å². The van der Waals surface area contributed by atoms with Crippen molar-refractivity contribution in [2.75, 3.05) is 49.7 Å². The molecular weight excluding hydrogens is 407 g/mol. The number of halogens is 1. The Labute approximate surface area is 177 Å². The first-order valence-corrected chi connectivity index (χ1v) is 10.4. The molecule has 0 aromatic carbocycles. The average Bonchev–Trinajstić information content (AvgIpc) is 3.27. The van der Waals surface area contributed by atoms with Crippen LogP contribution in [0.4, 0.5) is 21.0 Å². The fourth-order valence-corrected chi connectivity index (χ4v) is 3.85. The molecule has 0 bridgehead atoms. The van der Waals surface area contributed by atoms with E-state index in [2.05, 4.69) is 30.5 Å². The minimum atomic E-state index is -0.608. The van der Waals surface area contributed by atoms with Crippen molar-refractivity contribution >= 4 is 33.9 Å². The zero-order valence-corrected chi connectivity index (χ0v) is 17.0. The van der Waals surface area contributed by atoms with Gasteiger partial charge in [0.25, 0.3) is 5.91 Å². The number of rotatable bonds is 7. The fourth-order valence-electron chi connectivity index (χ4n) is 3.04. The number of morpholine rings is 1. The van der Waals surface area contributed by atoms with Crippen molar-refractivity contribution < 1.29 is 13.9 Å². The maximum absolute atomic E-state index is 12.3. The zero-order valence-electron chi connectivity index (χ0n) is 16.2. The lowest BCUT2D eigenvalue weighted by Gasteiger charge is -2.28. The number of pyridine rings is 2. The van der Waals surface area contributed by atoms with Crippen LogP contribution in [-0.4, -0.2) is 60.4 Å². The van der Waals surface area contributed by atoms with Gasteiger partial charge in [0.1, 0.15) is 12.5 Å². The molecule has 3 aromatic rings. The van der Waals surface area contributed by atoms with E-state index in [1.807, 2.05) is 12.1 Å². The monoisotopic (exact) mass is 428 g/mol. The van der Waals surface area contributed by atoms with E-state index in [1.165, 1.54) is 17.5 Å². The third kappa shape index (κ3) is 4.89. The SMILES string of the molecule is O=C(NCCF)c1cncc(-c2cnc(Nc3cc(N4CCOCC4)ccn3)s2)c1. The summed E-state index contributed by atoms with van der Waals surface area (Å²) in [4.78, 5) is 28.1. The molecule has 0 aliphatic carbocycles. The Hall–Kier alpha value is -3.11. The molecule has 3 aromatic heterocycles. The highest BCUT2D eigenvalue weighted by molar-refractivity contribution is 7.18. The Bertz CT molecular complexity index is 1010. The summed E-state index contributed by atoms with van der Waals surface area (Å²) in [7, 11) is 0. The molecule has 4 heterocycles. The second kappa shape index (κ2) is 9.59. The summed E-state index contributed by atoms with van der Waals surface area (Å²) in [6, 6.07) is 5.69. The van der Waals surface area contributed by atoms with Crippen molar-refractivity contribution in [1.29, 1.82) is 0 Å². The molecule has 30 heavy (non-hydrogen) atoms. The van der Waals surface area contributed by atoms with Crippen molar-refractivity contribution in [2.24, 2.45) is 0 Å². The van der Waals surface area contributed by atoms with Crippen molar-refractivity contribution in [3.05, 3.63) is 48.5 Å². The number of ether oxygens (including phenoxy) is 1. The summed E-state index contributed by atoms with van der Waals surface area (Å²) >= 11 is 1.43. The van der Waals surface area contributed by atoms with Crippen LogP contribution in [0.2, 0.25) is 0 Å². The van der Waals surface area contributed by atoms with Gasteiger partial charge in [0.15, 0.2) is 5.13 Å². The minimum absolute atomic E-state index is 0.0196. The van der Waals surface area contributed by atoms with Crippen LogP contribution >= 0.6 is 11.3 Å². The third-order valence-electron chi connectivity index (χ3n) is 4.53. The van der Waals surface area contributed by atoms with Crippen LogP contribution in [0.1, 0.15) is 10.4 Å². The number of hydrogen-bond acceptors (Lipinski definition) is 8. The topological polar surface area (TPSA) is 92.3 Å². The first kappa shape index (κ1) is 20.2. The summed E-state index contributed by atoms with van der Waals surface area (Å²) in [5, 5.41) is 6.42. The maximum Gasteiger partial charge on any atom is 0.252 e. The number of nitrogens with zero attached hydrogens (tertiary/aromatic N) is 4. The van der Waals surface area contributed by atoms with Gasteiger partial charge >= 0.3 is 0 Å². The molecule has 10 heteroatoms. The molecule has 0 atom stereocenters. The molecule has 1 fully saturated rings. The standard InChI is InChI=1S/C20H21FN6O2S/c21-2-4-24-19(28)15-9-14(11-22-12-15)17-13-25-20(30-17)26-18-10-16(1-3-23-18)27-5-7-29-8-6-27/h1,3,9-13H,2,4-8H2,(H,24,28)(H,23,25,26). The van der Waals surface area contributed by atoms with Crippen LogP contribution in [0.25, 0.3) is 10.4 Å². The first-order valence-electron chi connectivity index (χ1n) is 9.54. The molecule has 1 amide bonds. The lowest BCUT2D eigenvalue weighted by Crippen LogP contribution is -2.36. The quantitative estimate of drug-likeness (QED) is 0.598. The van der Waals surface area contributed by atoms with Crippen molar-refractivity contribution in [3.63, 3.8) is 0 Å². The van der Waals surface area contributed by atoms with Crippen molar-refractivity contribution in [2.45, 2.75) is 0 Å². The number of carbonyl (C=O) groups excluding carboxylic acids is 1. The molecule has 1 saturated heterocycles. The molecule has 0 unspecified atom stereocenters. The van der Waals surface area contributed by atoms with E-state index in [4.69, 9.17) is 4.74 Å². The number of nitrogens with one attached hydrogen (secondary N) is 2. The van der Waals surface area contributed by atoms with Crippen LogP contribution in [0.15, 0.2) is 43.0 Å². The number of anilines is 3. The lowest BCUT2D eigenvalue weighted by molar-refractivity contribution is 0.0950. The molecule has 156 valence electrons. The number of aromatic nitrogens is 3. The third-order valence-corrected chi connectivity index (χ3v) is 5.49. The average molecular weight is 428 g/mol. The Morgan fingerprint density at radius 1 is 1.20 bits per heavy atom. The van der Waals surface area contributed by atoms with Gasteiger partial charge in [-0.3, -0.25) is 9.78 Å². The van der Waals surface area contributed by atoms with Crippen LogP contribution in [0.5, 0.6) is 0 Å². The Morgan fingerprint density at radius 3 is 2.90 bits per heavy atom. The summed E-state index contributed by atoms with van der Waals surface area (Å²) in [5.41, 5.74) is 2.23. The van der Waals surface area contributed by atoms with Crippen LogP contribution in [0.3, 0.4) is 0 Å². The van der Waals surface area contributed by atoms with E-state index in [9.17, 15) is 9.18 Å². The molecule has 0 radical (unpaired) electrons. The van der Waals surface area contributed by atoms with Crippen LogP contribution < -0.4 is 15.5 Å². The number of thiazole rings is 1. The predicted molar refractivity (Wildman–Crippen MR) is 114 cm³/mol. The number of carbonyl (C=O) groups is 1. The van der Waals surface area contributed by atoms with E-state index in [0.29, 0.717) is 16.5 Å². The second-order valence-electron chi connectivity index (χ2n) is 6.56. The normalized spacial score (nSPS) is 13.8. The lowest BCUT2D eigenvalue weighted by atomic mass is 10.2. The molecule has 1 aliphatic heterocycles. The Kier molecular flexibility index (Phi) is 6.45. The van der Waals surface area contributed by atoms with Crippen LogP contribution in [0, 0.1) is 0 Å². The largest absolute Gasteiger partial charge is 0.378 e. The molecule has 0 saturated carbocycles. The highest BCUT2D eigenvalue weighted by atomic mass is 32.1. The van der Waals surface area contributed by atoms with Crippen LogP contribution in [-0.2, 0) is 4.74 Å². The molecule has 1 aliphatic rings. The Balaban J connectivity index is 1.46. The molecule has 0 spiro atoms. The predicted octanol–water partition coefficient (Wildman–Crippen LogP) is 2.88. The van der Waals surface area contributed by atoms with Gasteiger partial charge < -0.3 is 20.3 Å². The van der Waals surface area contributed by atoms with E-state index in [1.54, 1.807) is 24.7 Å². The number of hydrogen-bond donors (Lipinski definition) is 2. The maximum atomic E-state index is 12.3. The second-order valence-corrected chi connectivity index (χ2v) is 7.59. The molecular formula is C20H21FN6O2S. The van der Waals surface area contributed by atoms with Gasteiger partial charge in [-0.05, 0) is 12.1 Å². The molecule has 8 nitrogen and oxygen atoms in total. The van der Waals surface area contributed by atoms with Crippen molar-refractivity contribution in [3.8, 4) is 10.4 Å². The highest BCUT2D eigenvalue weighted by Gasteiger charge is 2.13. The Morgan fingerprint density at radius 2 is 2.07 bits per heavy atom. The summed E-state index contributed by atoms with van der Waals surface area (Å²) < 4.78 is 17.7. The van der Waals surface area contributed by atoms with Crippen molar-refractivity contribution in [1.82, 2.24) is 20.3 Å². The fraction of sp³-hybridized carbons (Fsp3) is 0.300. The van der Waals surface area contributed by atoms with Gasteiger partial charge in [0.2, 0.25) is 0 Å². The van der Waals surface area contributed by atoms with Gasteiger partial charge in [0, 0.05) is 61.7 Å².